The SMILES string of the molecule is CCCCCCCCCCCCCC(CCCCCCCCCCCCC)(Cc1cc(C(C)(C)C)c(O)c(C(C)(C)C)c1)C(=O)O. The second-order valence-corrected chi connectivity index (χ2v) is 16.9. The van der Waals surface area contributed by atoms with E-state index in [4.69, 9.17) is 0 Å². The summed E-state index contributed by atoms with van der Waals surface area (Å²) < 4.78 is 0. The normalized spacial score (nSPS) is 12.6. The summed E-state index contributed by atoms with van der Waals surface area (Å²) in [5, 5.41) is 22.2. The topological polar surface area (TPSA) is 57.5 Å². The number of carboxylic acid groups (broad SMARTS) is 1. The second kappa shape index (κ2) is 23.0. The molecule has 0 saturated carbocycles. The third-order valence-corrected chi connectivity index (χ3v) is 10.3. The van der Waals surface area contributed by atoms with Crippen molar-refractivity contribution in [2.75, 3.05) is 0 Å². The molecule has 1 aromatic carbocycles. The first-order valence-corrected chi connectivity index (χ1v) is 19.9. The average Bonchev–Trinajstić information content (AvgIpc) is 2.98. The van der Waals surface area contributed by atoms with Gasteiger partial charge in [-0.15, -0.1) is 0 Å². The van der Waals surface area contributed by atoms with E-state index in [9.17, 15) is 15.0 Å². The van der Waals surface area contributed by atoms with Gasteiger partial charge < -0.3 is 10.2 Å². The number of phenols is 1. The van der Waals surface area contributed by atoms with Gasteiger partial charge in [0.1, 0.15) is 5.75 Å². The number of carboxylic acids is 1. The van der Waals surface area contributed by atoms with Gasteiger partial charge in [-0.05, 0) is 46.8 Å². The summed E-state index contributed by atoms with van der Waals surface area (Å²) in [5.74, 6) is -0.255. The lowest BCUT2D eigenvalue weighted by atomic mass is 9.71. The van der Waals surface area contributed by atoms with Crippen LogP contribution in [0.25, 0.3) is 0 Å². The smallest absolute Gasteiger partial charge is 0.309 e. The number of aliphatic carboxylic acids is 1. The summed E-state index contributed by atoms with van der Waals surface area (Å²) in [6.07, 6.45) is 30.1. The Labute approximate surface area is 287 Å². The molecule has 2 N–H and O–H groups in total. The van der Waals surface area contributed by atoms with Crippen LogP contribution in [0.3, 0.4) is 0 Å². The summed E-state index contributed by atoms with van der Waals surface area (Å²) >= 11 is 0. The van der Waals surface area contributed by atoms with E-state index in [1.807, 2.05) is 0 Å². The molecule has 0 spiro atoms. The predicted octanol–water partition coefficient (Wildman–Crippen LogP) is 14.0. The molecular weight excluding hydrogens is 564 g/mol. The molecule has 46 heavy (non-hydrogen) atoms. The van der Waals surface area contributed by atoms with Crippen molar-refractivity contribution < 1.29 is 15.0 Å². The second-order valence-electron chi connectivity index (χ2n) is 16.9. The monoisotopic (exact) mass is 643 g/mol. The Morgan fingerprint density at radius 1 is 0.522 bits per heavy atom. The van der Waals surface area contributed by atoms with Gasteiger partial charge in [0.25, 0.3) is 0 Å². The molecule has 0 fully saturated rings. The molecular formula is C43H78O3. The van der Waals surface area contributed by atoms with Gasteiger partial charge >= 0.3 is 5.97 Å². The highest BCUT2D eigenvalue weighted by atomic mass is 16.4. The molecule has 0 aliphatic rings. The van der Waals surface area contributed by atoms with E-state index in [1.54, 1.807) is 0 Å². The Hall–Kier alpha value is -1.51. The van der Waals surface area contributed by atoms with Crippen molar-refractivity contribution in [3.05, 3.63) is 28.8 Å². The fraction of sp³-hybridized carbons (Fsp3) is 0.837. The molecule has 3 nitrogen and oxygen atoms in total. The van der Waals surface area contributed by atoms with Crippen LogP contribution in [-0.4, -0.2) is 16.2 Å². The lowest BCUT2D eigenvalue weighted by Gasteiger charge is -2.33. The molecule has 0 radical (unpaired) electrons. The van der Waals surface area contributed by atoms with Crippen LogP contribution >= 0.6 is 0 Å². The Morgan fingerprint density at radius 3 is 1.07 bits per heavy atom. The number of carbonyl (C=O) groups is 1. The van der Waals surface area contributed by atoms with E-state index < -0.39 is 11.4 Å². The Bertz CT molecular complexity index is 871. The summed E-state index contributed by atoms with van der Waals surface area (Å²) in [7, 11) is 0. The van der Waals surface area contributed by atoms with E-state index in [2.05, 4.69) is 67.5 Å². The van der Waals surface area contributed by atoms with E-state index in [-0.39, 0.29) is 10.8 Å². The number of rotatable bonds is 27. The minimum Gasteiger partial charge on any atom is -0.507 e. The molecule has 0 bridgehead atoms. The van der Waals surface area contributed by atoms with Crippen LogP contribution in [0.1, 0.15) is 226 Å². The van der Waals surface area contributed by atoms with Gasteiger partial charge in [0.05, 0.1) is 5.41 Å². The molecule has 0 aliphatic carbocycles. The van der Waals surface area contributed by atoms with Crippen molar-refractivity contribution in [1.29, 1.82) is 0 Å². The highest BCUT2D eigenvalue weighted by Gasteiger charge is 2.38. The third-order valence-electron chi connectivity index (χ3n) is 10.3. The minimum atomic E-state index is -0.750. The van der Waals surface area contributed by atoms with Crippen molar-refractivity contribution in [2.45, 2.75) is 227 Å². The van der Waals surface area contributed by atoms with Gasteiger partial charge in [-0.1, -0.05) is 209 Å². The number of benzene rings is 1. The van der Waals surface area contributed by atoms with E-state index in [1.165, 1.54) is 116 Å². The number of aromatic hydroxyl groups is 1. The zero-order valence-electron chi connectivity index (χ0n) is 32.1. The highest BCUT2D eigenvalue weighted by Crippen LogP contribution is 2.43. The number of hydrogen-bond donors (Lipinski definition) is 2. The molecule has 1 aromatic rings. The zero-order chi connectivity index (χ0) is 34.5. The first-order valence-electron chi connectivity index (χ1n) is 19.9. The van der Waals surface area contributed by atoms with Crippen molar-refractivity contribution in [2.24, 2.45) is 5.41 Å². The molecule has 0 amide bonds. The summed E-state index contributed by atoms with van der Waals surface area (Å²) in [5.41, 5.74) is 1.73. The highest BCUT2D eigenvalue weighted by molar-refractivity contribution is 5.75. The van der Waals surface area contributed by atoms with E-state index in [0.29, 0.717) is 12.2 Å². The van der Waals surface area contributed by atoms with Crippen LogP contribution in [0.2, 0.25) is 0 Å². The first-order chi connectivity index (χ1) is 21.8. The van der Waals surface area contributed by atoms with Crippen LogP contribution in [0, 0.1) is 5.41 Å². The van der Waals surface area contributed by atoms with Crippen LogP contribution in [0.15, 0.2) is 12.1 Å². The van der Waals surface area contributed by atoms with Crippen molar-refractivity contribution in [3.63, 3.8) is 0 Å². The first kappa shape index (κ1) is 42.5. The van der Waals surface area contributed by atoms with Gasteiger partial charge in [0.2, 0.25) is 0 Å². The lowest BCUT2D eigenvalue weighted by Crippen LogP contribution is -2.34. The fourth-order valence-corrected chi connectivity index (χ4v) is 7.18. The van der Waals surface area contributed by atoms with Crippen LogP contribution < -0.4 is 0 Å². The molecule has 0 heterocycles. The van der Waals surface area contributed by atoms with Crippen molar-refractivity contribution in [3.8, 4) is 5.75 Å². The molecule has 0 saturated heterocycles. The number of hydrogen-bond acceptors (Lipinski definition) is 2. The molecule has 3 heteroatoms. The quantitative estimate of drug-likeness (QED) is 0.0939. The van der Waals surface area contributed by atoms with Crippen molar-refractivity contribution in [1.82, 2.24) is 0 Å². The Morgan fingerprint density at radius 2 is 0.804 bits per heavy atom. The summed E-state index contributed by atoms with van der Waals surface area (Å²) in [6, 6.07) is 4.23. The standard InChI is InChI=1S/C43H78O3/c1-9-11-13-15-17-19-21-23-25-27-29-31-43(40(45)46,32-30-28-26-24-22-20-18-16-14-12-10-2)35-36-33-37(41(3,4)5)39(44)38(34-36)42(6,7)8/h33-34,44H,9-32,35H2,1-8H3,(H,45,46). The maximum absolute atomic E-state index is 13.2. The molecule has 268 valence electrons. The largest absolute Gasteiger partial charge is 0.507 e. The van der Waals surface area contributed by atoms with Gasteiger partial charge in [-0.2, -0.15) is 0 Å². The maximum Gasteiger partial charge on any atom is 0.309 e. The fourth-order valence-electron chi connectivity index (χ4n) is 7.18. The Balaban J connectivity index is 2.93. The van der Waals surface area contributed by atoms with Gasteiger partial charge in [0, 0.05) is 0 Å². The third kappa shape index (κ3) is 17.1. The molecule has 0 aromatic heterocycles. The van der Waals surface area contributed by atoms with E-state index in [0.717, 1.165) is 55.2 Å². The lowest BCUT2D eigenvalue weighted by molar-refractivity contribution is -0.150. The van der Waals surface area contributed by atoms with Gasteiger partial charge in [-0.25, -0.2) is 0 Å². The summed E-state index contributed by atoms with van der Waals surface area (Å²) in [4.78, 5) is 13.2. The van der Waals surface area contributed by atoms with Crippen LogP contribution in [0.5, 0.6) is 5.75 Å². The van der Waals surface area contributed by atoms with Crippen LogP contribution in [-0.2, 0) is 22.0 Å². The average molecular weight is 643 g/mol. The maximum atomic E-state index is 13.2. The zero-order valence-corrected chi connectivity index (χ0v) is 32.1. The number of unbranched alkanes of at least 4 members (excludes halogenated alkanes) is 20. The van der Waals surface area contributed by atoms with Crippen LogP contribution in [0.4, 0.5) is 0 Å². The van der Waals surface area contributed by atoms with Crippen molar-refractivity contribution >= 4 is 5.97 Å². The summed E-state index contributed by atoms with van der Waals surface area (Å²) in [6.45, 7) is 17.4. The Kier molecular flexibility index (Phi) is 21.2. The van der Waals surface area contributed by atoms with Gasteiger partial charge in [-0.3, -0.25) is 4.79 Å². The molecule has 0 unspecified atom stereocenters. The molecule has 0 aliphatic heterocycles. The minimum absolute atomic E-state index is 0.224. The molecule has 0 atom stereocenters. The predicted molar refractivity (Wildman–Crippen MR) is 201 cm³/mol. The molecule has 1 rings (SSSR count). The number of phenolic OH excluding ortho intramolecular Hbond substituents is 1. The van der Waals surface area contributed by atoms with E-state index >= 15 is 0 Å². The van der Waals surface area contributed by atoms with Gasteiger partial charge in [0.15, 0.2) is 0 Å².